The Morgan fingerprint density at radius 2 is 1.97 bits per heavy atom. The maximum absolute atomic E-state index is 13.4. The summed E-state index contributed by atoms with van der Waals surface area (Å²) in [5, 5.41) is 23.5. The summed E-state index contributed by atoms with van der Waals surface area (Å²) >= 11 is 0. The van der Waals surface area contributed by atoms with Gasteiger partial charge in [0.05, 0.1) is 12.2 Å². The zero-order chi connectivity index (χ0) is 27.4. The molecule has 7 nitrogen and oxygen atoms in total. The molecule has 2 saturated carbocycles. The highest BCUT2D eigenvalue weighted by Crippen LogP contribution is 2.72. The van der Waals surface area contributed by atoms with Crippen molar-refractivity contribution in [1.82, 2.24) is 4.98 Å². The van der Waals surface area contributed by atoms with E-state index in [1.807, 2.05) is 13.8 Å². The number of hydrogen-bond donors (Lipinski definition) is 2. The van der Waals surface area contributed by atoms with Gasteiger partial charge in [-0.2, -0.15) is 5.26 Å². The molecule has 1 aromatic heterocycles. The first-order valence-corrected chi connectivity index (χ1v) is 14.5. The molecule has 3 heterocycles. The van der Waals surface area contributed by atoms with Gasteiger partial charge in [0.2, 0.25) is 0 Å². The highest BCUT2D eigenvalue weighted by molar-refractivity contribution is 5.97. The molecule has 1 unspecified atom stereocenters. The standard InChI is InChI=1S/C32H38N2O5/c1-28(2)27-23(35)18-24-31(38-27,39-28)13-12-29(3)30(4)19(16-21-20-10-6-7-11-22(20)34-26(21)30)17-25(32(24,29)36)37-15-9-5-8-14-33/h6-7,10-11,18-19,25,27,34,36H,5,8-9,12-13,15-17H2,1-4H3/t19-,25+,27+,29-,30-,31?,32+/m1/s1. The van der Waals surface area contributed by atoms with Crippen molar-refractivity contribution in [2.75, 3.05) is 6.61 Å². The minimum Gasteiger partial charge on any atom is -0.382 e. The van der Waals surface area contributed by atoms with Crippen LogP contribution in [0.25, 0.3) is 10.9 Å². The van der Waals surface area contributed by atoms with Crippen molar-refractivity contribution in [2.45, 2.75) is 107 Å². The van der Waals surface area contributed by atoms with Gasteiger partial charge < -0.3 is 24.3 Å². The number of nitrogens with one attached hydrogen (secondary N) is 1. The number of nitrogens with zero attached hydrogens (tertiary/aromatic N) is 1. The lowest BCUT2D eigenvalue weighted by atomic mass is 9.41. The van der Waals surface area contributed by atoms with Crippen molar-refractivity contribution in [3.05, 3.63) is 47.2 Å². The van der Waals surface area contributed by atoms with Crippen molar-refractivity contribution in [2.24, 2.45) is 11.3 Å². The molecule has 5 aliphatic rings. The number of ketones is 1. The van der Waals surface area contributed by atoms with E-state index in [9.17, 15) is 9.90 Å². The van der Waals surface area contributed by atoms with Gasteiger partial charge in [0.25, 0.3) is 0 Å². The van der Waals surface area contributed by atoms with Crippen LogP contribution >= 0.6 is 0 Å². The van der Waals surface area contributed by atoms with E-state index in [1.165, 1.54) is 16.6 Å². The van der Waals surface area contributed by atoms with Crippen LogP contribution in [0.1, 0.15) is 77.5 Å². The molecule has 2 bridgehead atoms. The molecule has 0 radical (unpaired) electrons. The lowest BCUT2D eigenvalue weighted by Crippen LogP contribution is -2.74. The van der Waals surface area contributed by atoms with Gasteiger partial charge in [-0.25, -0.2) is 0 Å². The molecule has 7 atom stereocenters. The Balaban J connectivity index is 1.38. The van der Waals surface area contributed by atoms with Crippen LogP contribution in [0.3, 0.4) is 0 Å². The number of hydrogen-bond acceptors (Lipinski definition) is 6. The predicted molar refractivity (Wildman–Crippen MR) is 145 cm³/mol. The SMILES string of the molecule is CC1(C)OC23CC[C@]4(C)[C@@]5(C)c6[nH]c7ccccc7c6C[C@@H]5C[C@H](OCCCCC#N)[C@@]4(O)C2=CC(=O)[C@@H]1O3. The number of aliphatic hydroxyl groups is 1. The van der Waals surface area contributed by atoms with Gasteiger partial charge in [-0.05, 0) is 69.6 Å². The third-order valence-corrected chi connectivity index (χ3v) is 11.2. The fraction of sp³-hybridized carbons (Fsp3) is 0.625. The molecule has 2 aromatic rings. The van der Waals surface area contributed by atoms with Gasteiger partial charge in [0.15, 0.2) is 17.7 Å². The maximum Gasteiger partial charge on any atom is 0.195 e. The average molecular weight is 531 g/mol. The number of nitriles is 1. The van der Waals surface area contributed by atoms with E-state index in [4.69, 9.17) is 19.5 Å². The van der Waals surface area contributed by atoms with Gasteiger partial charge in [-0.3, -0.25) is 4.79 Å². The number of aromatic amines is 1. The van der Waals surface area contributed by atoms with Crippen molar-refractivity contribution in [3.63, 3.8) is 0 Å². The summed E-state index contributed by atoms with van der Waals surface area (Å²) in [4.78, 5) is 17.2. The Bertz CT molecular complexity index is 1450. The van der Waals surface area contributed by atoms with Crippen LogP contribution in [0, 0.1) is 22.7 Å². The van der Waals surface area contributed by atoms with Gasteiger partial charge in [0.1, 0.15) is 11.2 Å². The summed E-state index contributed by atoms with van der Waals surface area (Å²) in [7, 11) is 0. The van der Waals surface area contributed by atoms with Crippen LogP contribution in [0.4, 0.5) is 0 Å². The molecule has 39 heavy (non-hydrogen) atoms. The van der Waals surface area contributed by atoms with Crippen molar-refractivity contribution in [1.29, 1.82) is 5.26 Å². The van der Waals surface area contributed by atoms with E-state index in [-0.39, 0.29) is 17.1 Å². The third kappa shape index (κ3) is 2.99. The first-order valence-electron chi connectivity index (χ1n) is 14.5. The van der Waals surface area contributed by atoms with Gasteiger partial charge in [-0.1, -0.05) is 32.0 Å². The van der Waals surface area contributed by atoms with E-state index >= 15 is 0 Å². The second-order valence-electron chi connectivity index (χ2n) is 13.4. The number of fused-ring (bicyclic) bond motifs is 9. The van der Waals surface area contributed by atoms with Gasteiger partial charge in [-0.15, -0.1) is 0 Å². The molecular formula is C32H38N2O5. The maximum atomic E-state index is 13.4. The Morgan fingerprint density at radius 3 is 2.77 bits per heavy atom. The molecule has 2 N–H and O–H groups in total. The van der Waals surface area contributed by atoms with Gasteiger partial charge >= 0.3 is 0 Å². The van der Waals surface area contributed by atoms with Crippen molar-refractivity contribution < 1.29 is 24.1 Å². The Kier molecular flexibility index (Phi) is 5.25. The zero-order valence-electron chi connectivity index (χ0n) is 23.3. The summed E-state index contributed by atoms with van der Waals surface area (Å²) in [6, 6.07) is 10.6. The smallest absolute Gasteiger partial charge is 0.195 e. The highest BCUT2D eigenvalue weighted by Gasteiger charge is 2.78. The van der Waals surface area contributed by atoms with E-state index < -0.39 is 34.6 Å². The highest BCUT2D eigenvalue weighted by atomic mass is 16.8. The fourth-order valence-electron chi connectivity index (χ4n) is 9.12. The van der Waals surface area contributed by atoms with Crippen LogP contribution in [0.15, 0.2) is 35.9 Å². The minimum absolute atomic E-state index is 0.154. The van der Waals surface area contributed by atoms with Crippen LogP contribution in [0.2, 0.25) is 0 Å². The molecule has 206 valence electrons. The van der Waals surface area contributed by atoms with E-state index in [0.717, 1.165) is 24.8 Å². The number of benzene rings is 1. The molecule has 1 saturated heterocycles. The third-order valence-electron chi connectivity index (χ3n) is 11.2. The Hall–Kier alpha value is -2.50. The summed E-state index contributed by atoms with van der Waals surface area (Å²) in [6.07, 6.45) is 5.21. The second kappa shape index (κ2) is 8.04. The number of para-hydroxylation sites is 1. The molecule has 1 aromatic carbocycles. The van der Waals surface area contributed by atoms with Crippen molar-refractivity contribution in [3.8, 4) is 6.07 Å². The first kappa shape index (κ1) is 25.5. The van der Waals surface area contributed by atoms with Crippen molar-refractivity contribution >= 4 is 16.7 Å². The number of unbranched alkanes of at least 4 members (excludes halogenated alkanes) is 2. The minimum atomic E-state index is -1.48. The summed E-state index contributed by atoms with van der Waals surface area (Å²) in [5.74, 6) is -1.02. The molecule has 7 heteroatoms. The predicted octanol–water partition coefficient (Wildman–Crippen LogP) is 5.01. The number of H-pyrrole nitrogens is 1. The topological polar surface area (TPSA) is 105 Å². The molecule has 1 spiro atoms. The van der Waals surface area contributed by atoms with Crippen LogP contribution in [-0.4, -0.2) is 51.7 Å². The summed E-state index contributed by atoms with van der Waals surface area (Å²) in [5.41, 5.74) is 0.881. The van der Waals surface area contributed by atoms with Crippen LogP contribution in [0.5, 0.6) is 0 Å². The number of carbonyl (C=O) groups is 1. The molecule has 0 amide bonds. The Labute approximate surface area is 229 Å². The molecular weight excluding hydrogens is 492 g/mol. The first-order chi connectivity index (χ1) is 18.5. The average Bonchev–Trinajstić information content (AvgIpc) is 3.48. The molecule has 3 fully saturated rings. The lowest BCUT2D eigenvalue weighted by molar-refractivity contribution is -0.280. The van der Waals surface area contributed by atoms with E-state index in [2.05, 4.69) is 49.2 Å². The number of rotatable bonds is 5. The van der Waals surface area contributed by atoms with Crippen LogP contribution in [-0.2, 0) is 30.8 Å². The normalized spacial score (nSPS) is 41.4. The number of aromatic nitrogens is 1. The Morgan fingerprint density at radius 1 is 1.18 bits per heavy atom. The number of ether oxygens (including phenoxy) is 3. The number of carbonyl (C=O) groups excluding carboxylic acids is 1. The summed E-state index contributed by atoms with van der Waals surface area (Å²) in [6.45, 7) is 8.74. The largest absolute Gasteiger partial charge is 0.382 e. The molecule has 3 aliphatic carbocycles. The molecule has 7 rings (SSSR count). The summed E-state index contributed by atoms with van der Waals surface area (Å²) < 4.78 is 19.6. The quantitative estimate of drug-likeness (QED) is 0.527. The lowest BCUT2D eigenvalue weighted by Gasteiger charge is -2.67. The second-order valence-corrected chi connectivity index (χ2v) is 13.4. The monoisotopic (exact) mass is 530 g/mol. The fourth-order valence-corrected chi connectivity index (χ4v) is 9.12. The van der Waals surface area contributed by atoms with E-state index in [0.29, 0.717) is 37.9 Å². The zero-order valence-corrected chi connectivity index (χ0v) is 23.3. The van der Waals surface area contributed by atoms with Gasteiger partial charge in [0, 0.05) is 52.4 Å². The van der Waals surface area contributed by atoms with E-state index in [1.54, 1.807) is 6.08 Å². The molecule has 2 aliphatic heterocycles. The van der Waals surface area contributed by atoms with Crippen LogP contribution < -0.4 is 0 Å².